The third-order valence-electron chi connectivity index (χ3n) is 5.05. The molecular weight excluding hydrogens is 248 g/mol. The fourth-order valence-corrected chi connectivity index (χ4v) is 4.21. The van der Waals surface area contributed by atoms with Crippen molar-refractivity contribution in [2.75, 3.05) is 13.2 Å². The fraction of sp³-hybridized carbons (Fsp3) is 1.00. The molecule has 1 spiro atoms. The Bertz CT molecular complexity index is 276. The molecule has 2 heterocycles. The van der Waals surface area contributed by atoms with Crippen molar-refractivity contribution in [3.63, 3.8) is 0 Å². The van der Waals surface area contributed by atoms with Crippen LogP contribution in [0, 0.1) is 5.92 Å². The lowest BCUT2D eigenvalue weighted by Crippen LogP contribution is -2.34. The smallest absolute Gasteiger partial charge is 0.0687 e. The molecular formula is C15H25ClO2. The SMILES string of the molecule is ClC1CCOCC1CC1CCC2(CCCCC2)O1. The van der Waals surface area contributed by atoms with Gasteiger partial charge < -0.3 is 9.47 Å². The summed E-state index contributed by atoms with van der Waals surface area (Å²) in [5, 5.41) is 0.297. The largest absolute Gasteiger partial charge is 0.381 e. The highest BCUT2D eigenvalue weighted by atomic mass is 35.5. The monoisotopic (exact) mass is 272 g/mol. The molecule has 3 rings (SSSR count). The highest BCUT2D eigenvalue weighted by Gasteiger charge is 2.42. The van der Waals surface area contributed by atoms with Crippen molar-refractivity contribution in [2.45, 2.75) is 74.9 Å². The average molecular weight is 273 g/mol. The van der Waals surface area contributed by atoms with E-state index in [-0.39, 0.29) is 5.60 Å². The summed E-state index contributed by atoms with van der Waals surface area (Å²) in [5.41, 5.74) is 0.250. The van der Waals surface area contributed by atoms with Crippen molar-refractivity contribution < 1.29 is 9.47 Å². The minimum atomic E-state index is 0.250. The van der Waals surface area contributed by atoms with E-state index in [1.54, 1.807) is 0 Å². The summed E-state index contributed by atoms with van der Waals surface area (Å²) in [6.07, 6.45) is 11.8. The van der Waals surface area contributed by atoms with Crippen LogP contribution in [0.25, 0.3) is 0 Å². The Kier molecular flexibility index (Phi) is 4.17. The van der Waals surface area contributed by atoms with Crippen LogP contribution in [0.15, 0.2) is 0 Å². The molecule has 1 aliphatic carbocycles. The van der Waals surface area contributed by atoms with Crippen molar-refractivity contribution in [3.05, 3.63) is 0 Å². The molecule has 0 aromatic carbocycles. The van der Waals surface area contributed by atoms with Crippen molar-refractivity contribution >= 4 is 11.6 Å². The summed E-state index contributed by atoms with van der Waals surface area (Å²) < 4.78 is 12.0. The number of halogens is 1. The summed E-state index contributed by atoms with van der Waals surface area (Å²) in [5.74, 6) is 0.504. The van der Waals surface area contributed by atoms with Gasteiger partial charge in [-0.15, -0.1) is 11.6 Å². The molecule has 18 heavy (non-hydrogen) atoms. The third-order valence-corrected chi connectivity index (χ3v) is 5.62. The van der Waals surface area contributed by atoms with Crippen LogP contribution in [-0.4, -0.2) is 30.3 Å². The standard InChI is InChI=1S/C15H25ClO2/c16-14-5-9-17-11-12(14)10-13-4-8-15(18-13)6-2-1-3-7-15/h12-14H,1-11H2. The zero-order valence-electron chi connectivity index (χ0n) is 11.2. The van der Waals surface area contributed by atoms with E-state index in [4.69, 9.17) is 21.1 Å². The maximum atomic E-state index is 6.43. The Morgan fingerprint density at radius 3 is 2.67 bits per heavy atom. The molecule has 1 saturated carbocycles. The highest BCUT2D eigenvalue weighted by molar-refractivity contribution is 6.20. The summed E-state index contributed by atoms with van der Waals surface area (Å²) in [6.45, 7) is 1.67. The van der Waals surface area contributed by atoms with Gasteiger partial charge in [-0.3, -0.25) is 0 Å². The molecule has 2 aliphatic heterocycles. The molecule has 3 heteroatoms. The van der Waals surface area contributed by atoms with E-state index in [9.17, 15) is 0 Å². The van der Waals surface area contributed by atoms with Gasteiger partial charge in [-0.05, 0) is 38.5 Å². The fourth-order valence-electron chi connectivity index (χ4n) is 3.95. The zero-order valence-corrected chi connectivity index (χ0v) is 12.0. The van der Waals surface area contributed by atoms with Crippen LogP contribution < -0.4 is 0 Å². The van der Waals surface area contributed by atoms with Gasteiger partial charge in [0, 0.05) is 17.9 Å². The van der Waals surface area contributed by atoms with Gasteiger partial charge in [0.1, 0.15) is 0 Å². The number of hydrogen-bond donors (Lipinski definition) is 0. The van der Waals surface area contributed by atoms with Crippen LogP contribution in [0.5, 0.6) is 0 Å². The number of hydrogen-bond acceptors (Lipinski definition) is 2. The van der Waals surface area contributed by atoms with E-state index >= 15 is 0 Å². The van der Waals surface area contributed by atoms with Gasteiger partial charge in [-0.2, -0.15) is 0 Å². The van der Waals surface area contributed by atoms with Gasteiger partial charge in [0.2, 0.25) is 0 Å². The number of ether oxygens (including phenoxy) is 2. The predicted molar refractivity (Wildman–Crippen MR) is 73.1 cm³/mol. The maximum absolute atomic E-state index is 6.43. The van der Waals surface area contributed by atoms with E-state index < -0.39 is 0 Å². The first-order valence-corrected chi connectivity index (χ1v) is 8.11. The van der Waals surface area contributed by atoms with Gasteiger partial charge >= 0.3 is 0 Å². The second-order valence-corrected chi connectivity index (χ2v) is 6.96. The molecule has 3 unspecified atom stereocenters. The average Bonchev–Trinajstić information content (AvgIpc) is 2.76. The Morgan fingerprint density at radius 1 is 1.06 bits per heavy atom. The van der Waals surface area contributed by atoms with E-state index in [0.29, 0.717) is 17.4 Å². The van der Waals surface area contributed by atoms with Crippen LogP contribution in [0.1, 0.15) is 57.8 Å². The van der Waals surface area contributed by atoms with E-state index in [2.05, 4.69) is 0 Å². The van der Waals surface area contributed by atoms with Gasteiger partial charge in [0.25, 0.3) is 0 Å². The molecule has 0 amide bonds. The van der Waals surface area contributed by atoms with Gasteiger partial charge in [0.15, 0.2) is 0 Å². The van der Waals surface area contributed by atoms with E-state index in [1.807, 2.05) is 0 Å². The topological polar surface area (TPSA) is 18.5 Å². The maximum Gasteiger partial charge on any atom is 0.0687 e. The molecule has 2 saturated heterocycles. The first-order valence-electron chi connectivity index (χ1n) is 7.67. The van der Waals surface area contributed by atoms with Crippen molar-refractivity contribution in [1.29, 1.82) is 0 Å². The summed E-state index contributed by atoms with van der Waals surface area (Å²) in [7, 11) is 0. The van der Waals surface area contributed by atoms with E-state index in [0.717, 1.165) is 26.1 Å². The second-order valence-electron chi connectivity index (χ2n) is 6.40. The minimum absolute atomic E-state index is 0.250. The molecule has 0 aromatic rings. The molecule has 3 fully saturated rings. The molecule has 0 radical (unpaired) electrons. The molecule has 0 aromatic heterocycles. The first kappa shape index (κ1) is 13.2. The molecule has 0 bridgehead atoms. The normalized spacial score (nSPS) is 40.2. The van der Waals surface area contributed by atoms with Crippen LogP contribution in [0.4, 0.5) is 0 Å². The Hall–Kier alpha value is 0.210. The van der Waals surface area contributed by atoms with Crippen LogP contribution in [0.2, 0.25) is 0 Å². The van der Waals surface area contributed by atoms with Gasteiger partial charge in [-0.25, -0.2) is 0 Å². The number of rotatable bonds is 2. The molecule has 0 N–H and O–H groups in total. The Morgan fingerprint density at radius 2 is 1.89 bits per heavy atom. The second kappa shape index (κ2) is 5.68. The molecule has 2 nitrogen and oxygen atoms in total. The Balaban J connectivity index is 1.52. The predicted octanol–water partition coefficient (Wildman–Crippen LogP) is 3.90. The Labute approximate surface area is 115 Å². The minimum Gasteiger partial charge on any atom is -0.381 e. The lowest BCUT2D eigenvalue weighted by molar-refractivity contribution is -0.0760. The van der Waals surface area contributed by atoms with Crippen LogP contribution >= 0.6 is 11.6 Å². The molecule has 104 valence electrons. The summed E-state index contributed by atoms with van der Waals surface area (Å²) in [6, 6.07) is 0. The summed E-state index contributed by atoms with van der Waals surface area (Å²) in [4.78, 5) is 0. The number of alkyl halides is 1. The third kappa shape index (κ3) is 2.86. The van der Waals surface area contributed by atoms with Gasteiger partial charge in [-0.1, -0.05) is 19.3 Å². The molecule has 3 aliphatic rings. The van der Waals surface area contributed by atoms with Crippen molar-refractivity contribution in [3.8, 4) is 0 Å². The quantitative estimate of drug-likeness (QED) is 0.710. The van der Waals surface area contributed by atoms with Gasteiger partial charge in [0.05, 0.1) is 18.3 Å². The molecule has 3 atom stereocenters. The van der Waals surface area contributed by atoms with E-state index in [1.165, 1.54) is 44.9 Å². The lowest BCUT2D eigenvalue weighted by atomic mass is 9.83. The first-order chi connectivity index (χ1) is 8.77. The zero-order chi connectivity index (χ0) is 12.4. The highest BCUT2D eigenvalue weighted by Crippen LogP contribution is 2.43. The summed E-state index contributed by atoms with van der Waals surface area (Å²) >= 11 is 6.40. The lowest BCUT2D eigenvalue weighted by Gasteiger charge is -2.34. The van der Waals surface area contributed by atoms with Crippen LogP contribution in [0.3, 0.4) is 0 Å². The van der Waals surface area contributed by atoms with Crippen molar-refractivity contribution in [1.82, 2.24) is 0 Å². The van der Waals surface area contributed by atoms with Crippen molar-refractivity contribution in [2.24, 2.45) is 5.92 Å². The van der Waals surface area contributed by atoms with Crippen LogP contribution in [-0.2, 0) is 9.47 Å².